The number of fused-ring (bicyclic) bond motifs is 14. The SMILES string of the molecule is c1ccc(-c2cccc(-c3nc(-c4ccccc4)nc(-c4ccc5c(c4)C4(c6ccccc6Sc6cc7c(cc64)oc4ccccc47)c4ccccc4-c4ccccc4-5)n3)c2)cc1. The minimum atomic E-state index is -0.757. The minimum Gasteiger partial charge on any atom is -0.456 e. The Morgan fingerprint density at radius 3 is 1.67 bits per heavy atom. The van der Waals surface area contributed by atoms with Crippen LogP contribution in [0.1, 0.15) is 22.3 Å². The lowest BCUT2D eigenvalue weighted by atomic mass is 9.63. The van der Waals surface area contributed by atoms with Gasteiger partial charge in [-0.05, 0) is 92.0 Å². The van der Waals surface area contributed by atoms with Crippen molar-refractivity contribution in [2.45, 2.75) is 15.2 Å². The lowest BCUT2D eigenvalue weighted by Crippen LogP contribution is -2.34. The van der Waals surface area contributed by atoms with E-state index in [4.69, 9.17) is 19.4 Å². The van der Waals surface area contributed by atoms with Gasteiger partial charge in [-0.2, -0.15) is 0 Å². The molecule has 0 fully saturated rings. The molecule has 1 aliphatic heterocycles. The van der Waals surface area contributed by atoms with Crippen molar-refractivity contribution in [3.63, 3.8) is 0 Å². The van der Waals surface area contributed by atoms with Crippen LogP contribution in [0, 0.1) is 0 Å². The quantitative estimate of drug-likeness (QED) is 0.177. The summed E-state index contributed by atoms with van der Waals surface area (Å²) in [6.45, 7) is 0. The molecule has 1 atom stereocenters. The van der Waals surface area contributed by atoms with E-state index < -0.39 is 5.41 Å². The van der Waals surface area contributed by atoms with Crippen LogP contribution in [-0.4, -0.2) is 15.0 Å². The van der Waals surface area contributed by atoms with Gasteiger partial charge in [-0.25, -0.2) is 15.0 Å². The number of aromatic nitrogens is 3. The van der Waals surface area contributed by atoms with Crippen molar-refractivity contribution in [2.75, 3.05) is 0 Å². The molecule has 13 rings (SSSR count). The van der Waals surface area contributed by atoms with Crippen LogP contribution in [0.15, 0.2) is 227 Å². The lowest BCUT2D eigenvalue weighted by Gasteiger charge is -2.42. The van der Waals surface area contributed by atoms with Crippen molar-refractivity contribution in [1.82, 2.24) is 15.0 Å². The monoisotopic (exact) mass is 821 g/mol. The average molecular weight is 822 g/mol. The molecule has 3 heterocycles. The number of hydrogen-bond acceptors (Lipinski definition) is 5. The van der Waals surface area contributed by atoms with E-state index in [0.29, 0.717) is 17.5 Å². The summed E-state index contributed by atoms with van der Waals surface area (Å²) in [4.78, 5) is 18.2. The Morgan fingerprint density at radius 1 is 0.317 bits per heavy atom. The molecule has 2 aromatic heterocycles. The molecule has 0 N–H and O–H groups in total. The predicted octanol–water partition coefficient (Wildman–Crippen LogP) is 14.9. The van der Waals surface area contributed by atoms with Crippen LogP contribution < -0.4 is 0 Å². The molecule has 11 aromatic rings. The molecule has 0 radical (unpaired) electrons. The number of para-hydroxylation sites is 1. The third kappa shape index (κ3) is 5.53. The molecule has 5 heteroatoms. The Balaban J connectivity index is 1.12. The molecule has 1 spiro atoms. The molecule has 0 saturated carbocycles. The molecular weight excluding hydrogens is 787 g/mol. The van der Waals surface area contributed by atoms with Gasteiger partial charge in [0, 0.05) is 37.3 Å². The van der Waals surface area contributed by atoms with Gasteiger partial charge in [0.15, 0.2) is 17.5 Å². The Kier molecular flexibility index (Phi) is 8.02. The van der Waals surface area contributed by atoms with Crippen molar-refractivity contribution >= 4 is 33.7 Å². The summed E-state index contributed by atoms with van der Waals surface area (Å²) in [7, 11) is 0. The fraction of sp³-hybridized carbons (Fsp3) is 0.0172. The van der Waals surface area contributed by atoms with Gasteiger partial charge in [0.1, 0.15) is 11.2 Å². The zero-order valence-electron chi connectivity index (χ0n) is 33.9. The fourth-order valence-corrected chi connectivity index (χ4v) is 11.2. The second kappa shape index (κ2) is 14.1. The lowest BCUT2D eigenvalue weighted by molar-refractivity contribution is 0.660. The van der Waals surface area contributed by atoms with Crippen LogP contribution in [-0.2, 0) is 5.41 Å². The van der Waals surface area contributed by atoms with Gasteiger partial charge in [-0.3, -0.25) is 0 Å². The van der Waals surface area contributed by atoms with E-state index in [1.54, 1.807) is 0 Å². The summed E-state index contributed by atoms with van der Waals surface area (Å²) in [6, 6.07) is 75.8. The molecule has 2 aliphatic rings. The van der Waals surface area contributed by atoms with E-state index in [-0.39, 0.29) is 0 Å². The van der Waals surface area contributed by atoms with E-state index in [0.717, 1.165) is 60.9 Å². The number of hydrogen-bond donors (Lipinski definition) is 0. The Morgan fingerprint density at radius 2 is 0.889 bits per heavy atom. The van der Waals surface area contributed by atoms with Crippen molar-refractivity contribution in [3.8, 4) is 67.5 Å². The minimum absolute atomic E-state index is 0.610. The van der Waals surface area contributed by atoms with E-state index in [1.165, 1.54) is 43.2 Å². The van der Waals surface area contributed by atoms with Gasteiger partial charge in [-0.1, -0.05) is 188 Å². The van der Waals surface area contributed by atoms with Crippen molar-refractivity contribution in [2.24, 2.45) is 0 Å². The first-order valence-electron chi connectivity index (χ1n) is 21.3. The van der Waals surface area contributed by atoms with Gasteiger partial charge in [0.2, 0.25) is 0 Å². The Labute approximate surface area is 368 Å². The van der Waals surface area contributed by atoms with Crippen LogP contribution in [0.25, 0.3) is 89.5 Å². The Bertz CT molecular complexity index is 3620. The van der Waals surface area contributed by atoms with E-state index >= 15 is 0 Å². The molecule has 63 heavy (non-hydrogen) atoms. The number of benzene rings is 9. The van der Waals surface area contributed by atoms with Gasteiger partial charge >= 0.3 is 0 Å². The number of furan rings is 1. The average Bonchev–Trinajstić information content (AvgIpc) is 3.68. The highest BCUT2D eigenvalue weighted by Gasteiger charge is 2.49. The first kappa shape index (κ1) is 35.9. The summed E-state index contributed by atoms with van der Waals surface area (Å²) in [5.74, 6) is 1.85. The van der Waals surface area contributed by atoms with Crippen LogP contribution in [0.2, 0.25) is 0 Å². The van der Waals surface area contributed by atoms with Crippen LogP contribution in [0.5, 0.6) is 0 Å². The smallest absolute Gasteiger partial charge is 0.164 e. The summed E-state index contributed by atoms with van der Waals surface area (Å²) in [5.41, 5.74) is 15.6. The first-order chi connectivity index (χ1) is 31.2. The summed E-state index contributed by atoms with van der Waals surface area (Å²) in [5, 5.41) is 2.24. The van der Waals surface area contributed by atoms with Crippen LogP contribution in [0.4, 0.5) is 0 Å². The Hall–Kier alpha value is -7.86. The molecule has 0 saturated heterocycles. The molecule has 294 valence electrons. The van der Waals surface area contributed by atoms with Crippen molar-refractivity contribution in [3.05, 3.63) is 235 Å². The first-order valence-corrected chi connectivity index (χ1v) is 22.1. The van der Waals surface area contributed by atoms with Gasteiger partial charge < -0.3 is 4.42 Å². The fourth-order valence-electron chi connectivity index (χ4n) is 10.0. The largest absolute Gasteiger partial charge is 0.456 e. The van der Waals surface area contributed by atoms with E-state index in [1.807, 2.05) is 42.1 Å². The van der Waals surface area contributed by atoms with E-state index in [2.05, 4.69) is 182 Å². The molecule has 1 aliphatic carbocycles. The summed E-state index contributed by atoms with van der Waals surface area (Å²) >= 11 is 1.84. The highest BCUT2D eigenvalue weighted by atomic mass is 32.2. The molecule has 1 unspecified atom stereocenters. The maximum absolute atomic E-state index is 6.71. The highest BCUT2D eigenvalue weighted by Crippen LogP contribution is 2.62. The summed E-state index contributed by atoms with van der Waals surface area (Å²) in [6.07, 6.45) is 0. The third-order valence-corrected chi connectivity index (χ3v) is 13.9. The zero-order chi connectivity index (χ0) is 41.5. The molecular formula is C58H35N3OS. The van der Waals surface area contributed by atoms with Crippen LogP contribution >= 0.6 is 11.8 Å². The normalized spacial score (nSPS) is 14.7. The second-order valence-electron chi connectivity index (χ2n) is 16.3. The maximum Gasteiger partial charge on any atom is 0.164 e. The van der Waals surface area contributed by atoms with Gasteiger partial charge in [0.05, 0.1) is 5.41 Å². The van der Waals surface area contributed by atoms with Crippen molar-refractivity contribution < 1.29 is 4.42 Å². The van der Waals surface area contributed by atoms with Gasteiger partial charge in [0.25, 0.3) is 0 Å². The number of nitrogens with zero attached hydrogens (tertiary/aromatic N) is 3. The zero-order valence-corrected chi connectivity index (χ0v) is 34.7. The highest BCUT2D eigenvalue weighted by molar-refractivity contribution is 7.99. The molecule has 0 amide bonds. The molecule has 4 nitrogen and oxygen atoms in total. The maximum atomic E-state index is 6.71. The second-order valence-corrected chi connectivity index (χ2v) is 17.3. The predicted molar refractivity (Wildman–Crippen MR) is 256 cm³/mol. The number of rotatable bonds is 4. The standard InChI is InChI=1S/C58H35N3OS/c1-3-16-36(17-4-1)38-20-15-21-39(32-38)56-59-55(37-18-5-2-6-19-37)60-57(61-56)40-30-31-44-42-23-8-7-22-41(42)43-24-9-11-26-47(43)58(49(44)33-40)48-27-12-14-29-53(48)63-54-34-46-45-25-10-13-28-51(45)62-52(46)35-50(54)58/h1-35H. The summed E-state index contributed by atoms with van der Waals surface area (Å²) < 4.78 is 6.71. The molecule has 9 aromatic carbocycles. The third-order valence-electron chi connectivity index (χ3n) is 12.8. The topological polar surface area (TPSA) is 51.8 Å². The van der Waals surface area contributed by atoms with Crippen molar-refractivity contribution in [1.29, 1.82) is 0 Å². The van der Waals surface area contributed by atoms with Gasteiger partial charge in [-0.15, -0.1) is 0 Å². The van der Waals surface area contributed by atoms with Crippen LogP contribution in [0.3, 0.4) is 0 Å². The molecule has 0 bridgehead atoms. The van der Waals surface area contributed by atoms with E-state index in [9.17, 15) is 0 Å².